The number of carbonyl (C=O) groups is 1. The molecule has 0 unspecified atom stereocenters. The van der Waals surface area contributed by atoms with Crippen LogP contribution in [0.15, 0.2) is 36.4 Å². The molecule has 5 nitrogen and oxygen atoms in total. The summed E-state index contributed by atoms with van der Waals surface area (Å²) in [6.45, 7) is 1.49. The van der Waals surface area contributed by atoms with E-state index in [4.69, 9.17) is 4.74 Å². The fourth-order valence-electron chi connectivity index (χ4n) is 3.31. The third-order valence-corrected chi connectivity index (χ3v) is 5.97. The Labute approximate surface area is 161 Å². The number of ether oxygens (including phenoxy) is 1. The Bertz CT molecular complexity index is 1000. The second-order valence-electron chi connectivity index (χ2n) is 6.64. The van der Waals surface area contributed by atoms with Crippen LogP contribution in [0, 0.1) is 5.82 Å². The molecule has 0 fully saturated rings. The van der Waals surface area contributed by atoms with Gasteiger partial charge in [-0.25, -0.2) is 9.37 Å². The fourth-order valence-corrected chi connectivity index (χ4v) is 4.25. The van der Waals surface area contributed by atoms with Gasteiger partial charge >= 0.3 is 0 Å². The molecule has 0 saturated carbocycles. The number of amides is 1. The van der Waals surface area contributed by atoms with Crippen molar-refractivity contribution in [3.63, 3.8) is 0 Å². The third kappa shape index (κ3) is 3.47. The van der Waals surface area contributed by atoms with Crippen molar-refractivity contribution >= 4 is 32.6 Å². The van der Waals surface area contributed by atoms with Gasteiger partial charge in [0, 0.05) is 20.1 Å². The maximum atomic E-state index is 13.9. The summed E-state index contributed by atoms with van der Waals surface area (Å²) in [5.74, 6) is 0.549. The topological polar surface area (TPSA) is 45.7 Å². The van der Waals surface area contributed by atoms with E-state index in [0.29, 0.717) is 23.7 Å². The number of thiazole rings is 1. The van der Waals surface area contributed by atoms with Crippen molar-refractivity contribution < 1.29 is 13.9 Å². The van der Waals surface area contributed by atoms with Crippen LogP contribution in [-0.4, -0.2) is 43.0 Å². The van der Waals surface area contributed by atoms with E-state index in [1.807, 2.05) is 36.2 Å². The maximum absolute atomic E-state index is 13.9. The second kappa shape index (κ2) is 7.15. The Morgan fingerprint density at radius 1 is 1.33 bits per heavy atom. The molecule has 27 heavy (non-hydrogen) atoms. The maximum Gasteiger partial charge on any atom is 0.242 e. The molecule has 2 heterocycles. The minimum Gasteiger partial charge on any atom is -0.497 e. The van der Waals surface area contributed by atoms with Crippen LogP contribution >= 0.6 is 11.3 Å². The molecule has 1 aliphatic rings. The number of benzene rings is 2. The van der Waals surface area contributed by atoms with Gasteiger partial charge in [-0.05, 0) is 41.8 Å². The first-order valence-electron chi connectivity index (χ1n) is 8.75. The average Bonchev–Trinajstić information content (AvgIpc) is 3.13. The molecule has 0 N–H and O–H groups in total. The van der Waals surface area contributed by atoms with E-state index in [1.54, 1.807) is 18.1 Å². The Morgan fingerprint density at radius 3 is 2.96 bits per heavy atom. The number of anilines is 1. The van der Waals surface area contributed by atoms with Crippen LogP contribution in [0.2, 0.25) is 0 Å². The van der Waals surface area contributed by atoms with Crippen LogP contribution in [0.1, 0.15) is 11.1 Å². The molecule has 7 heteroatoms. The highest BCUT2D eigenvalue weighted by molar-refractivity contribution is 7.22. The first-order valence-corrected chi connectivity index (χ1v) is 9.56. The molecular weight excluding hydrogens is 365 g/mol. The van der Waals surface area contributed by atoms with Crippen LogP contribution < -0.4 is 9.64 Å². The van der Waals surface area contributed by atoms with E-state index in [9.17, 15) is 9.18 Å². The van der Waals surface area contributed by atoms with Crippen LogP contribution in [0.4, 0.5) is 9.52 Å². The minimum absolute atomic E-state index is 0.0405. The van der Waals surface area contributed by atoms with Crippen LogP contribution in [-0.2, 0) is 17.8 Å². The van der Waals surface area contributed by atoms with Gasteiger partial charge in [-0.1, -0.05) is 23.5 Å². The molecule has 1 amide bonds. The molecule has 3 aromatic rings. The lowest BCUT2D eigenvalue weighted by Gasteiger charge is -2.30. The van der Waals surface area contributed by atoms with E-state index < -0.39 is 0 Å². The predicted molar refractivity (Wildman–Crippen MR) is 105 cm³/mol. The predicted octanol–water partition coefficient (Wildman–Crippen LogP) is 3.47. The van der Waals surface area contributed by atoms with Crippen molar-refractivity contribution in [3.05, 3.63) is 53.3 Å². The van der Waals surface area contributed by atoms with Crippen molar-refractivity contribution in [1.82, 2.24) is 9.88 Å². The third-order valence-electron chi connectivity index (χ3n) is 4.84. The number of likely N-dealkylation sites (N-methyl/N-ethyl adjacent to an activating group) is 1. The van der Waals surface area contributed by atoms with Crippen LogP contribution in [0.25, 0.3) is 10.2 Å². The molecule has 0 aliphatic carbocycles. The Kier molecular flexibility index (Phi) is 4.70. The summed E-state index contributed by atoms with van der Waals surface area (Å²) in [5.41, 5.74) is 2.74. The molecule has 0 saturated heterocycles. The van der Waals surface area contributed by atoms with Gasteiger partial charge in [-0.15, -0.1) is 0 Å². The van der Waals surface area contributed by atoms with E-state index in [2.05, 4.69) is 4.98 Å². The zero-order chi connectivity index (χ0) is 19.0. The van der Waals surface area contributed by atoms with Gasteiger partial charge in [-0.3, -0.25) is 4.79 Å². The molecule has 1 aromatic heterocycles. The second-order valence-corrected chi connectivity index (χ2v) is 7.65. The van der Waals surface area contributed by atoms with Crippen molar-refractivity contribution in [2.45, 2.75) is 13.0 Å². The van der Waals surface area contributed by atoms with E-state index in [-0.39, 0.29) is 18.3 Å². The SMILES string of the molecule is COc1ccc2c(c1)CCN(C(=O)CN(C)c1nc3c(F)cccc3s1)C2. The number of hydrogen-bond acceptors (Lipinski definition) is 5. The lowest BCUT2D eigenvalue weighted by molar-refractivity contribution is -0.130. The standard InChI is InChI=1S/C20H20FN3O2S/c1-23(20-22-19-16(21)4-3-5-17(19)27-20)12-18(25)24-9-8-13-10-15(26-2)7-6-14(13)11-24/h3-7,10H,8-9,11-12H2,1-2H3. The van der Waals surface area contributed by atoms with Crippen LogP contribution in [0.5, 0.6) is 5.75 Å². The molecule has 0 atom stereocenters. The number of nitrogens with zero attached hydrogens (tertiary/aromatic N) is 3. The number of rotatable bonds is 4. The number of fused-ring (bicyclic) bond motifs is 2. The molecule has 1 aliphatic heterocycles. The highest BCUT2D eigenvalue weighted by Crippen LogP contribution is 2.30. The Balaban J connectivity index is 1.46. The van der Waals surface area contributed by atoms with E-state index in [1.165, 1.54) is 23.0 Å². The summed E-state index contributed by atoms with van der Waals surface area (Å²) in [4.78, 5) is 20.8. The first-order chi connectivity index (χ1) is 13.0. The molecular formula is C20H20FN3O2S. The number of hydrogen-bond donors (Lipinski definition) is 0. The Hall–Kier alpha value is -2.67. The van der Waals surface area contributed by atoms with Gasteiger partial charge < -0.3 is 14.5 Å². The molecule has 2 aromatic carbocycles. The van der Waals surface area contributed by atoms with Crippen molar-refractivity contribution in [1.29, 1.82) is 0 Å². The zero-order valence-electron chi connectivity index (χ0n) is 15.2. The lowest BCUT2D eigenvalue weighted by Crippen LogP contribution is -2.41. The van der Waals surface area contributed by atoms with E-state index in [0.717, 1.165) is 22.4 Å². The van der Waals surface area contributed by atoms with E-state index >= 15 is 0 Å². The zero-order valence-corrected chi connectivity index (χ0v) is 16.1. The number of carbonyl (C=O) groups excluding carboxylic acids is 1. The molecule has 0 radical (unpaired) electrons. The van der Waals surface area contributed by atoms with Gasteiger partial charge in [-0.2, -0.15) is 0 Å². The normalized spacial score (nSPS) is 13.5. The lowest BCUT2D eigenvalue weighted by atomic mass is 9.99. The number of methoxy groups -OCH3 is 1. The number of aromatic nitrogens is 1. The van der Waals surface area contributed by atoms with Crippen molar-refractivity contribution in [2.24, 2.45) is 0 Å². The van der Waals surface area contributed by atoms with Gasteiger partial charge in [0.25, 0.3) is 0 Å². The van der Waals surface area contributed by atoms with Gasteiger partial charge in [0.2, 0.25) is 5.91 Å². The molecule has 4 rings (SSSR count). The van der Waals surface area contributed by atoms with Gasteiger partial charge in [0.05, 0.1) is 18.4 Å². The molecule has 140 valence electrons. The summed E-state index contributed by atoms with van der Waals surface area (Å²) in [5, 5.41) is 0.644. The fraction of sp³-hybridized carbons (Fsp3) is 0.300. The summed E-state index contributed by atoms with van der Waals surface area (Å²) < 4.78 is 19.9. The minimum atomic E-state index is -0.335. The highest BCUT2D eigenvalue weighted by Gasteiger charge is 2.23. The van der Waals surface area contributed by atoms with Gasteiger partial charge in [0.1, 0.15) is 17.1 Å². The number of halogens is 1. The Morgan fingerprint density at radius 2 is 2.19 bits per heavy atom. The molecule has 0 bridgehead atoms. The summed E-state index contributed by atoms with van der Waals surface area (Å²) in [6.07, 6.45) is 0.814. The largest absolute Gasteiger partial charge is 0.497 e. The average molecular weight is 385 g/mol. The van der Waals surface area contributed by atoms with Gasteiger partial charge in [0.15, 0.2) is 5.13 Å². The monoisotopic (exact) mass is 385 g/mol. The molecule has 0 spiro atoms. The quantitative estimate of drug-likeness (QED) is 0.690. The highest BCUT2D eigenvalue weighted by atomic mass is 32.1. The summed E-state index contributed by atoms with van der Waals surface area (Å²) >= 11 is 1.39. The smallest absolute Gasteiger partial charge is 0.242 e. The summed E-state index contributed by atoms with van der Waals surface area (Å²) in [7, 11) is 3.47. The van der Waals surface area contributed by atoms with Crippen LogP contribution in [0.3, 0.4) is 0 Å². The summed E-state index contributed by atoms with van der Waals surface area (Å²) in [6, 6.07) is 10.9. The number of para-hydroxylation sites is 1. The van der Waals surface area contributed by atoms with Crippen molar-refractivity contribution in [3.8, 4) is 5.75 Å². The first kappa shape index (κ1) is 17.7. The van der Waals surface area contributed by atoms with Crippen molar-refractivity contribution in [2.75, 3.05) is 32.1 Å².